The highest BCUT2D eigenvalue weighted by molar-refractivity contribution is 6.30. The third-order valence-electron chi connectivity index (χ3n) is 7.42. The Morgan fingerprint density at radius 1 is 1.28 bits per heavy atom. The van der Waals surface area contributed by atoms with Crippen molar-refractivity contribution in [3.8, 4) is 11.1 Å². The lowest BCUT2D eigenvalue weighted by atomic mass is 9.95. The van der Waals surface area contributed by atoms with E-state index in [1.807, 2.05) is 30.4 Å². The molecule has 4 N–H and O–H groups in total. The minimum absolute atomic E-state index is 0.0759. The van der Waals surface area contributed by atoms with E-state index in [1.165, 1.54) is 6.07 Å². The largest absolute Gasteiger partial charge is 0.460 e. The molecule has 4 rings (SSSR count). The van der Waals surface area contributed by atoms with E-state index in [4.69, 9.17) is 22.1 Å². The zero-order chi connectivity index (χ0) is 30.9. The van der Waals surface area contributed by atoms with Crippen molar-refractivity contribution in [2.75, 3.05) is 37.0 Å². The Morgan fingerprint density at radius 2 is 2.09 bits per heavy atom. The standard InChI is InChI=1S/C32H35ClFN5O4/c1-36-25-13-12-24(33)31(34)30(25)28(43-19-40)8-6-16-39(2)32(42)23-7-4-3-5-9-29(41)38-27-18-21(35)10-11-22(27)20-14-15-37-26(23)17-20/h3-4,10-15,17-19,23,28,36H,5-9,16,35H2,1-2H3,(H,38,41)/b4-3-. The fourth-order valence-electron chi connectivity index (χ4n) is 5.19. The molecule has 0 radical (unpaired) electrons. The topological polar surface area (TPSA) is 127 Å². The van der Waals surface area contributed by atoms with E-state index < -0.39 is 17.8 Å². The molecule has 0 aliphatic carbocycles. The van der Waals surface area contributed by atoms with Crippen LogP contribution in [0.1, 0.15) is 55.4 Å². The Kier molecular flexibility index (Phi) is 10.7. The molecule has 1 aliphatic rings. The normalized spacial score (nSPS) is 16.3. The van der Waals surface area contributed by atoms with E-state index in [2.05, 4.69) is 15.6 Å². The summed E-state index contributed by atoms with van der Waals surface area (Å²) in [6, 6.07) is 12.1. The molecular formula is C32H35ClFN5O4. The van der Waals surface area contributed by atoms with Crippen LogP contribution in [0.4, 0.5) is 21.5 Å². The predicted octanol–water partition coefficient (Wildman–Crippen LogP) is 6.08. The number of ether oxygens (including phenoxy) is 1. The maximum atomic E-state index is 15.0. The Bertz CT molecular complexity index is 1520. The molecule has 2 unspecified atom stereocenters. The lowest BCUT2D eigenvalue weighted by molar-refractivity contribution is -0.135. The molecule has 1 aliphatic heterocycles. The van der Waals surface area contributed by atoms with Crippen LogP contribution >= 0.6 is 11.6 Å². The van der Waals surface area contributed by atoms with E-state index in [1.54, 1.807) is 43.4 Å². The number of rotatable bonds is 9. The molecule has 0 saturated carbocycles. The molecule has 0 spiro atoms. The van der Waals surface area contributed by atoms with Crippen molar-refractivity contribution in [2.45, 2.75) is 44.1 Å². The van der Waals surface area contributed by atoms with E-state index in [-0.39, 0.29) is 41.7 Å². The lowest BCUT2D eigenvalue weighted by Gasteiger charge is -2.25. The van der Waals surface area contributed by atoms with Gasteiger partial charge in [-0.25, -0.2) is 4.39 Å². The zero-order valence-corrected chi connectivity index (χ0v) is 24.9. The van der Waals surface area contributed by atoms with Crippen LogP contribution in [0.5, 0.6) is 0 Å². The highest BCUT2D eigenvalue weighted by Crippen LogP contribution is 2.36. The van der Waals surface area contributed by atoms with Gasteiger partial charge in [0, 0.05) is 50.2 Å². The first-order valence-corrected chi connectivity index (χ1v) is 14.4. The molecule has 226 valence electrons. The summed E-state index contributed by atoms with van der Waals surface area (Å²) in [6.07, 6.45) is 6.43. The zero-order valence-electron chi connectivity index (χ0n) is 24.1. The first-order chi connectivity index (χ1) is 20.7. The molecule has 11 heteroatoms. The van der Waals surface area contributed by atoms with Crippen LogP contribution in [0.15, 0.2) is 60.8 Å². The number of anilines is 3. The number of benzene rings is 2. The molecule has 2 aromatic carbocycles. The molecule has 2 bridgehead atoms. The van der Waals surface area contributed by atoms with Crippen molar-refractivity contribution in [1.29, 1.82) is 0 Å². The number of hydrogen-bond donors (Lipinski definition) is 3. The molecule has 43 heavy (non-hydrogen) atoms. The highest BCUT2D eigenvalue weighted by atomic mass is 35.5. The van der Waals surface area contributed by atoms with Crippen molar-refractivity contribution in [3.05, 3.63) is 82.9 Å². The van der Waals surface area contributed by atoms with Gasteiger partial charge < -0.3 is 26.0 Å². The predicted molar refractivity (Wildman–Crippen MR) is 166 cm³/mol. The molecule has 9 nitrogen and oxygen atoms in total. The second-order valence-electron chi connectivity index (χ2n) is 10.3. The summed E-state index contributed by atoms with van der Waals surface area (Å²) in [4.78, 5) is 43.8. The summed E-state index contributed by atoms with van der Waals surface area (Å²) in [5.41, 5.74) is 9.89. The Hall–Kier alpha value is -4.44. The van der Waals surface area contributed by atoms with Crippen molar-refractivity contribution in [3.63, 3.8) is 0 Å². The summed E-state index contributed by atoms with van der Waals surface area (Å²) in [5, 5.41) is 5.79. The molecule has 1 aromatic heterocycles. The summed E-state index contributed by atoms with van der Waals surface area (Å²) in [5.74, 6) is -1.51. The maximum Gasteiger partial charge on any atom is 0.293 e. The highest BCUT2D eigenvalue weighted by Gasteiger charge is 2.27. The van der Waals surface area contributed by atoms with Crippen LogP contribution in [-0.2, 0) is 19.1 Å². The Morgan fingerprint density at radius 3 is 2.86 bits per heavy atom. The number of pyridine rings is 1. The van der Waals surface area contributed by atoms with Crippen LogP contribution < -0.4 is 16.4 Å². The molecule has 2 heterocycles. The van der Waals surface area contributed by atoms with Gasteiger partial charge in [0.05, 0.1) is 27.9 Å². The van der Waals surface area contributed by atoms with Crippen molar-refractivity contribution in [1.82, 2.24) is 9.88 Å². The SMILES string of the molecule is CNc1ccc(Cl)c(F)c1C(CCCN(C)C(=O)C1C/C=C\CCC(=O)Nc2cc(N)ccc2-c2ccnc1c2)OC=O. The first-order valence-electron chi connectivity index (χ1n) is 14.0. The van der Waals surface area contributed by atoms with Gasteiger partial charge in [0.25, 0.3) is 6.47 Å². The number of halogens is 2. The summed E-state index contributed by atoms with van der Waals surface area (Å²) in [7, 11) is 3.34. The number of nitrogens with zero attached hydrogens (tertiary/aromatic N) is 2. The van der Waals surface area contributed by atoms with Gasteiger partial charge in [-0.2, -0.15) is 0 Å². The second-order valence-corrected chi connectivity index (χ2v) is 10.7. The van der Waals surface area contributed by atoms with Gasteiger partial charge in [0.2, 0.25) is 11.8 Å². The number of aromatic nitrogens is 1. The smallest absolute Gasteiger partial charge is 0.293 e. The first kappa shape index (κ1) is 31.5. The van der Waals surface area contributed by atoms with Crippen LogP contribution in [0.25, 0.3) is 11.1 Å². The van der Waals surface area contributed by atoms with E-state index in [0.29, 0.717) is 48.6 Å². The van der Waals surface area contributed by atoms with Gasteiger partial charge in [0.1, 0.15) is 6.10 Å². The van der Waals surface area contributed by atoms with Gasteiger partial charge in [-0.3, -0.25) is 19.4 Å². The van der Waals surface area contributed by atoms with Gasteiger partial charge in [-0.15, -0.1) is 0 Å². The van der Waals surface area contributed by atoms with E-state index in [9.17, 15) is 18.8 Å². The number of hydrogen-bond acceptors (Lipinski definition) is 7. The molecular weight excluding hydrogens is 573 g/mol. The number of likely N-dealkylation sites (N-methyl/N-ethyl adjacent to an activating group) is 1. The van der Waals surface area contributed by atoms with Gasteiger partial charge in [0.15, 0.2) is 5.82 Å². The molecule has 2 atom stereocenters. The van der Waals surface area contributed by atoms with Crippen LogP contribution in [0.3, 0.4) is 0 Å². The number of nitrogens with two attached hydrogens (primary N) is 1. The van der Waals surface area contributed by atoms with Crippen molar-refractivity contribution < 1.29 is 23.5 Å². The van der Waals surface area contributed by atoms with Crippen LogP contribution in [0.2, 0.25) is 5.02 Å². The average molecular weight is 608 g/mol. The number of fused-ring (bicyclic) bond motifs is 4. The number of allylic oxidation sites excluding steroid dienone is 2. The molecule has 2 amide bonds. The van der Waals surface area contributed by atoms with Gasteiger partial charge >= 0.3 is 0 Å². The van der Waals surface area contributed by atoms with Crippen molar-refractivity contribution in [2.24, 2.45) is 0 Å². The Labute approximate surface area is 255 Å². The fraction of sp³-hybridized carbons (Fsp3) is 0.312. The number of carbonyl (C=O) groups excluding carboxylic acids is 3. The Balaban J connectivity index is 1.55. The molecule has 0 saturated heterocycles. The minimum atomic E-state index is -0.890. The van der Waals surface area contributed by atoms with E-state index in [0.717, 1.165) is 11.1 Å². The van der Waals surface area contributed by atoms with Crippen LogP contribution in [0, 0.1) is 5.82 Å². The monoisotopic (exact) mass is 607 g/mol. The molecule has 3 aromatic rings. The number of carbonyl (C=O) groups is 3. The lowest BCUT2D eigenvalue weighted by Crippen LogP contribution is -2.33. The number of nitrogens with one attached hydrogen (secondary N) is 2. The molecule has 0 fully saturated rings. The number of nitrogen functional groups attached to an aromatic ring is 1. The average Bonchev–Trinajstić information content (AvgIpc) is 3.00. The third-order valence-corrected chi connectivity index (χ3v) is 7.71. The second kappa shape index (κ2) is 14.6. The maximum absolute atomic E-state index is 15.0. The minimum Gasteiger partial charge on any atom is -0.460 e. The fourth-order valence-corrected chi connectivity index (χ4v) is 5.35. The summed E-state index contributed by atoms with van der Waals surface area (Å²) < 4.78 is 20.2. The quantitative estimate of drug-likeness (QED) is 0.153. The number of amides is 2. The van der Waals surface area contributed by atoms with Crippen molar-refractivity contribution >= 4 is 46.9 Å². The third kappa shape index (κ3) is 7.70. The van der Waals surface area contributed by atoms with E-state index >= 15 is 0 Å². The van der Waals surface area contributed by atoms with Gasteiger partial charge in [-0.1, -0.05) is 29.8 Å². The summed E-state index contributed by atoms with van der Waals surface area (Å²) >= 11 is 6.01. The summed E-state index contributed by atoms with van der Waals surface area (Å²) in [6.45, 7) is 0.613. The van der Waals surface area contributed by atoms with Gasteiger partial charge in [-0.05, 0) is 67.6 Å². The van der Waals surface area contributed by atoms with Crippen LogP contribution in [-0.4, -0.2) is 48.8 Å².